The van der Waals surface area contributed by atoms with Crippen molar-refractivity contribution in [3.63, 3.8) is 0 Å². The first kappa shape index (κ1) is 21.0. The molecule has 0 bridgehead atoms. The van der Waals surface area contributed by atoms with Gasteiger partial charge in [0.1, 0.15) is 11.3 Å². The molecule has 0 unspecified atom stereocenters. The molecule has 2 amide bonds. The normalized spacial score (nSPS) is 19.6. The summed E-state index contributed by atoms with van der Waals surface area (Å²) < 4.78 is 5.17. The van der Waals surface area contributed by atoms with Crippen LogP contribution in [0.1, 0.15) is 39.0 Å². The Kier molecular flexibility index (Phi) is 6.61. The Labute approximate surface area is 172 Å². The lowest BCUT2D eigenvalue weighted by Crippen LogP contribution is -2.56. The second-order valence-electron chi connectivity index (χ2n) is 7.74. The van der Waals surface area contributed by atoms with Crippen LogP contribution in [-0.4, -0.2) is 66.4 Å². The third kappa shape index (κ3) is 4.99. The van der Waals surface area contributed by atoms with E-state index >= 15 is 0 Å². The Bertz CT molecular complexity index is 748. The monoisotopic (exact) mass is 401 g/mol. The molecule has 3 rings (SSSR count). The average molecular weight is 402 g/mol. The number of rotatable bonds is 4. The number of benzene rings is 1. The average Bonchev–Trinajstić information content (AvgIpc) is 2.74. The van der Waals surface area contributed by atoms with Gasteiger partial charge in [0.15, 0.2) is 5.96 Å². The van der Waals surface area contributed by atoms with E-state index in [1.54, 1.807) is 18.9 Å². The Morgan fingerprint density at radius 1 is 1.03 bits per heavy atom. The first-order valence-electron chi connectivity index (χ1n) is 10.2. The second-order valence-corrected chi connectivity index (χ2v) is 7.74. The van der Waals surface area contributed by atoms with Crippen molar-refractivity contribution in [1.29, 1.82) is 0 Å². The molecule has 8 heteroatoms. The van der Waals surface area contributed by atoms with Crippen molar-refractivity contribution in [3.05, 3.63) is 24.3 Å². The maximum atomic E-state index is 13.4. The van der Waals surface area contributed by atoms with E-state index in [1.807, 2.05) is 29.2 Å². The number of methoxy groups -OCH3 is 1. The van der Waals surface area contributed by atoms with E-state index in [4.69, 9.17) is 15.5 Å². The summed E-state index contributed by atoms with van der Waals surface area (Å²) in [5.41, 5.74) is 6.18. The number of nitrogens with two attached hydrogens (primary N) is 1. The molecule has 2 aliphatic rings. The summed E-state index contributed by atoms with van der Waals surface area (Å²) in [6, 6.07) is 7.40. The molecule has 1 saturated carbocycles. The van der Waals surface area contributed by atoms with Crippen molar-refractivity contribution in [2.75, 3.05) is 38.6 Å². The molecule has 1 heterocycles. The van der Waals surface area contributed by atoms with E-state index in [0.717, 1.165) is 30.7 Å². The number of guanidine groups is 1. The van der Waals surface area contributed by atoms with Crippen molar-refractivity contribution >= 4 is 23.5 Å². The van der Waals surface area contributed by atoms with Crippen LogP contribution in [0.25, 0.3) is 0 Å². The Morgan fingerprint density at radius 3 is 2.17 bits per heavy atom. The fourth-order valence-corrected chi connectivity index (χ4v) is 4.11. The highest BCUT2D eigenvalue weighted by molar-refractivity contribution is 5.96. The van der Waals surface area contributed by atoms with Gasteiger partial charge in [-0.1, -0.05) is 19.3 Å². The molecule has 0 radical (unpaired) electrons. The molecule has 1 aliphatic carbocycles. The highest BCUT2D eigenvalue weighted by atomic mass is 16.5. The highest BCUT2D eigenvalue weighted by Gasteiger charge is 2.43. The first-order chi connectivity index (χ1) is 13.9. The molecule has 29 heavy (non-hydrogen) atoms. The molecular formula is C21H31N5O3. The summed E-state index contributed by atoms with van der Waals surface area (Å²) in [5, 5.41) is 3.09. The van der Waals surface area contributed by atoms with Crippen molar-refractivity contribution in [2.45, 2.75) is 44.6 Å². The van der Waals surface area contributed by atoms with Crippen LogP contribution in [0.2, 0.25) is 0 Å². The summed E-state index contributed by atoms with van der Waals surface area (Å²) >= 11 is 0. The molecule has 0 atom stereocenters. The van der Waals surface area contributed by atoms with E-state index < -0.39 is 5.54 Å². The summed E-state index contributed by atoms with van der Waals surface area (Å²) in [6.07, 6.45) is 4.42. The fourth-order valence-electron chi connectivity index (χ4n) is 4.11. The third-order valence-electron chi connectivity index (χ3n) is 5.79. The lowest BCUT2D eigenvalue weighted by atomic mass is 9.81. The predicted molar refractivity (Wildman–Crippen MR) is 113 cm³/mol. The highest BCUT2D eigenvalue weighted by Crippen LogP contribution is 2.34. The molecule has 158 valence electrons. The predicted octanol–water partition coefficient (Wildman–Crippen LogP) is 1.82. The van der Waals surface area contributed by atoms with Crippen LogP contribution in [-0.2, 0) is 9.59 Å². The van der Waals surface area contributed by atoms with Gasteiger partial charge in [0.05, 0.1) is 7.11 Å². The number of nitrogens with zero attached hydrogens (tertiary/aromatic N) is 3. The molecule has 3 N–H and O–H groups in total. The molecule has 1 saturated heterocycles. The minimum absolute atomic E-state index is 0.0277. The number of piperazine rings is 1. The molecule has 1 aromatic rings. The number of carbonyl (C=O) groups excluding carboxylic acids is 2. The van der Waals surface area contributed by atoms with Gasteiger partial charge in [-0.05, 0) is 37.1 Å². The SMILES string of the molecule is COc1ccc(NC(N)=NC2(C(=O)N3CCN(C(C)=O)CC3)CCCCC2)cc1. The standard InChI is InChI=1S/C21H31N5O3/c1-16(27)25-12-14-26(15-13-25)19(28)21(10-4-3-5-11-21)24-20(22)23-17-6-8-18(29-2)9-7-17/h6-9H,3-5,10-15H2,1-2H3,(H3,22,23,24). The van der Waals surface area contributed by atoms with Crippen LogP contribution in [0.5, 0.6) is 5.75 Å². The summed E-state index contributed by atoms with van der Waals surface area (Å²) in [5.74, 6) is 1.08. The van der Waals surface area contributed by atoms with Crippen LogP contribution < -0.4 is 15.8 Å². The Hall–Kier alpha value is -2.77. The summed E-state index contributed by atoms with van der Waals surface area (Å²) in [7, 11) is 1.62. The number of anilines is 1. The lowest BCUT2D eigenvalue weighted by Gasteiger charge is -2.41. The third-order valence-corrected chi connectivity index (χ3v) is 5.79. The minimum Gasteiger partial charge on any atom is -0.497 e. The number of nitrogens with one attached hydrogen (secondary N) is 1. The van der Waals surface area contributed by atoms with Gasteiger partial charge in [0, 0.05) is 38.8 Å². The van der Waals surface area contributed by atoms with Crippen LogP contribution in [0.15, 0.2) is 29.3 Å². The van der Waals surface area contributed by atoms with E-state index in [9.17, 15) is 9.59 Å². The maximum Gasteiger partial charge on any atom is 0.250 e. The number of aliphatic imine (C=N–C) groups is 1. The van der Waals surface area contributed by atoms with Gasteiger partial charge in [-0.3, -0.25) is 9.59 Å². The number of hydrogen-bond acceptors (Lipinski definition) is 4. The van der Waals surface area contributed by atoms with Gasteiger partial charge in [0.25, 0.3) is 5.91 Å². The first-order valence-corrected chi connectivity index (χ1v) is 10.2. The van der Waals surface area contributed by atoms with Gasteiger partial charge >= 0.3 is 0 Å². The molecule has 0 aromatic heterocycles. The van der Waals surface area contributed by atoms with E-state index in [-0.39, 0.29) is 17.8 Å². The topological polar surface area (TPSA) is 100 Å². The molecule has 1 aromatic carbocycles. The van der Waals surface area contributed by atoms with Crippen LogP contribution >= 0.6 is 0 Å². The van der Waals surface area contributed by atoms with Gasteiger partial charge in [-0.15, -0.1) is 0 Å². The Balaban J connectivity index is 1.74. The number of ether oxygens (including phenoxy) is 1. The van der Waals surface area contributed by atoms with E-state index in [2.05, 4.69) is 5.32 Å². The van der Waals surface area contributed by atoms with Crippen molar-refractivity contribution < 1.29 is 14.3 Å². The van der Waals surface area contributed by atoms with Gasteiger partial charge in [-0.2, -0.15) is 0 Å². The van der Waals surface area contributed by atoms with E-state index in [0.29, 0.717) is 39.0 Å². The van der Waals surface area contributed by atoms with Crippen LogP contribution in [0, 0.1) is 0 Å². The van der Waals surface area contributed by atoms with Crippen LogP contribution in [0.3, 0.4) is 0 Å². The van der Waals surface area contributed by atoms with Gasteiger partial charge < -0.3 is 25.6 Å². The molecule has 2 fully saturated rings. The maximum absolute atomic E-state index is 13.4. The zero-order valence-corrected chi connectivity index (χ0v) is 17.3. The fraction of sp³-hybridized carbons (Fsp3) is 0.571. The molecule has 8 nitrogen and oxygen atoms in total. The summed E-state index contributed by atoms with van der Waals surface area (Å²) in [6.45, 7) is 3.79. The van der Waals surface area contributed by atoms with E-state index in [1.165, 1.54) is 0 Å². The summed E-state index contributed by atoms with van der Waals surface area (Å²) in [4.78, 5) is 33.3. The Morgan fingerprint density at radius 2 is 1.62 bits per heavy atom. The van der Waals surface area contributed by atoms with Crippen molar-refractivity contribution in [3.8, 4) is 5.75 Å². The lowest BCUT2D eigenvalue weighted by molar-refractivity contribution is -0.143. The largest absolute Gasteiger partial charge is 0.497 e. The molecular weight excluding hydrogens is 370 g/mol. The smallest absolute Gasteiger partial charge is 0.250 e. The van der Waals surface area contributed by atoms with Crippen molar-refractivity contribution in [2.24, 2.45) is 10.7 Å². The zero-order chi connectivity index (χ0) is 20.9. The number of amides is 2. The minimum atomic E-state index is -0.819. The van der Waals surface area contributed by atoms with Gasteiger partial charge in [-0.25, -0.2) is 4.99 Å². The number of carbonyl (C=O) groups is 2. The number of hydrogen-bond donors (Lipinski definition) is 2. The van der Waals surface area contributed by atoms with Crippen molar-refractivity contribution in [1.82, 2.24) is 9.80 Å². The van der Waals surface area contributed by atoms with Gasteiger partial charge in [0.2, 0.25) is 5.91 Å². The quantitative estimate of drug-likeness (QED) is 0.592. The second kappa shape index (κ2) is 9.15. The molecule has 1 aliphatic heterocycles. The zero-order valence-electron chi connectivity index (χ0n) is 17.3. The van der Waals surface area contributed by atoms with Crippen LogP contribution in [0.4, 0.5) is 5.69 Å². The molecule has 0 spiro atoms.